The maximum absolute atomic E-state index is 9.37. The van der Waals surface area contributed by atoms with E-state index in [1.54, 1.807) is 19.3 Å². The molecule has 4 nitrogen and oxygen atoms in total. The van der Waals surface area contributed by atoms with Gasteiger partial charge in [-0.3, -0.25) is 4.98 Å². The van der Waals surface area contributed by atoms with Gasteiger partial charge in [0.25, 0.3) is 0 Å². The summed E-state index contributed by atoms with van der Waals surface area (Å²) in [6.07, 6.45) is 3.06. The quantitative estimate of drug-likeness (QED) is 0.751. The van der Waals surface area contributed by atoms with Crippen molar-refractivity contribution in [3.05, 3.63) is 12.4 Å². The van der Waals surface area contributed by atoms with Gasteiger partial charge in [-0.25, -0.2) is 4.98 Å². The molecule has 2 unspecified atom stereocenters. The van der Waals surface area contributed by atoms with E-state index in [4.69, 9.17) is 0 Å². The van der Waals surface area contributed by atoms with Crippen LogP contribution in [0.4, 0.5) is 5.82 Å². The van der Waals surface area contributed by atoms with Crippen LogP contribution >= 0.6 is 11.8 Å². The third-order valence-electron chi connectivity index (χ3n) is 1.96. The summed E-state index contributed by atoms with van der Waals surface area (Å²) in [4.78, 5) is 8.45. The Kier molecular flexibility index (Phi) is 4.84. The van der Waals surface area contributed by atoms with Crippen molar-refractivity contribution in [2.24, 2.45) is 0 Å². The molecule has 0 aromatic carbocycles. The molecule has 5 heteroatoms. The zero-order chi connectivity index (χ0) is 11.3. The highest BCUT2D eigenvalue weighted by molar-refractivity contribution is 7.99. The van der Waals surface area contributed by atoms with Crippen LogP contribution in [0, 0.1) is 0 Å². The number of thioether (sulfide) groups is 1. The average molecular weight is 227 g/mol. The van der Waals surface area contributed by atoms with Crippen LogP contribution in [-0.4, -0.2) is 33.0 Å². The highest BCUT2D eigenvalue weighted by atomic mass is 32.2. The van der Waals surface area contributed by atoms with E-state index in [1.165, 1.54) is 11.8 Å². The molecule has 0 amide bonds. The molecule has 84 valence electrons. The Morgan fingerprint density at radius 2 is 2.20 bits per heavy atom. The van der Waals surface area contributed by atoms with Crippen LogP contribution in [0.5, 0.6) is 0 Å². The lowest BCUT2D eigenvalue weighted by Crippen LogP contribution is -2.15. The zero-order valence-corrected chi connectivity index (χ0v) is 10.1. The van der Waals surface area contributed by atoms with Crippen molar-refractivity contribution >= 4 is 17.6 Å². The fourth-order valence-electron chi connectivity index (χ4n) is 0.960. The standard InChI is InChI=1S/C10H17N3OS/c1-4-12-9-5-11-6-10(13-9)15-8(3)7(2)14/h5-8,14H,4H2,1-3H3,(H,12,13). The minimum atomic E-state index is -0.348. The lowest BCUT2D eigenvalue weighted by molar-refractivity contribution is 0.196. The molecule has 1 rings (SSSR count). The first-order valence-electron chi connectivity index (χ1n) is 5.04. The van der Waals surface area contributed by atoms with Crippen LogP contribution in [-0.2, 0) is 0 Å². The van der Waals surface area contributed by atoms with E-state index in [2.05, 4.69) is 15.3 Å². The Labute approximate surface area is 94.5 Å². The van der Waals surface area contributed by atoms with Gasteiger partial charge < -0.3 is 10.4 Å². The molecular formula is C10H17N3OS. The Morgan fingerprint density at radius 3 is 2.80 bits per heavy atom. The van der Waals surface area contributed by atoms with Crippen LogP contribution in [0.15, 0.2) is 17.4 Å². The fourth-order valence-corrected chi connectivity index (χ4v) is 1.81. The minimum absolute atomic E-state index is 0.121. The molecule has 15 heavy (non-hydrogen) atoms. The molecular weight excluding hydrogens is 210 g/mol. The summed E-state index contributed by atoms with van der Waals surface area (Å²) in [5.41, 5.74) is 0. The number of aliphatic hydroxyl groups is 1. The second kappa shape index (κ2) is 5.92. The molecule has 0 spiro atoms. The van der Waals surface area contributed by atoms with Gasteiger partial charge in [-0.05, 0) is 13.8 Å². The van der Waals surface area contributed by atoms with Gasteiger partial charge in [0.1, 0.15) is 10.8 Å². The van der Waals surface area contributed by atoms with Gasteiger partial charge >= 0.3 is 0 Å². The summed E-state index contributed by atoms with van der Waals surface area (Å²) in [5, 5.41) is 13.4. The second-order valence-electron chi connectivity index (χ2n) is 3.34. The molecule has 0 radical (unpaired) electrons. The van der Waals surface area contributed by atoms with Crippen molar-refractivity contribution in [1.82, 2.24) is 9.97 Å². The van der Waals surface area contributed by atoms with Gasteiger partial charge in [-0.15, -0.1) is 0 Å². The Hall–Kier alpha value is -0.810. The van der Waals surface area contributed by atoms with Gasteiger partial charge in [0, 0.05) is 11.8 Å². The van der Waals surface area contributed by atoms with Crippen molar-refractivity contribution < 1.29 is 5.11 Å². The van der Waals surface area contributed by atoms with Crippen LogP contribution < -0.4 is 5.32 Å². The number of hydrogen-bond donors (Lipinski definition) is 2. The molecule has 0 saturated carbocycles. The van der Waals surface area contributed by atoms with E-state index in [0.29, 0.717) is 0 Å². The molecule has 2 N–H and O–H groups in total. The molecule has 0 fully saturated rings. The van der Waals surface area contributed by atoms with Gasteiger partial charge in [-0.2, -0.15) is 0 Å². The maximum Gasteiger partial charge on any atom is 0.145 e. The summed E-state index contributed by atoms with van der Waals surface area (Å²) in [6, 6.07) is 0. The molecule has 0 saturated heterocycles. The lowest BCUT2D eigenvalue weighted by atomic mass is 10.3. The van der Waals surface area contributed by atoms with Crippen molar-refractivity contribution in [2.45, 2.75) is 37.2 Å². The van der Waals surface area contributed by atoms with Crippen LogP contribution in [0.2, 0.25) is 0 Å². The molecule has 1 aromatic rings. The lowest BCUT2D eigenvalue weighted by Gasteiger charge is -2.13. The summed E-state index contributed by atoms with van der Waals surface area (Å²) >= 11 is 1.53. The smallest absolute Gasteiger partial charge is 0.145 e. The molecule has 0 aliphatic heterocycles. The predicted octanol–water partition coefficient (Wildman–Crippen LogP) is 1.77. The monoisotopic (exact) mass is 227 g/mol. The summed E-state index contributed by atoms with van der Waals surface area (Å²) < 4.78 is 0. The first-order chi connectivity index (χ1) is 7.13. The fraction of sp³-hybridized carbons (Fsp3) is 0.600. The predicted molar refractivity (Wildman–Crippen MR) is 63.2 cm³/mol. The van der Waals surface area contributed by atoms with Gasteiger partial charge in [0.15, 0.2) is 0 Å². The van der Waals surface area contributed by atoms with E-state index in [9.17, 15) is 5.11 Å². The number of anilines is 1. The van der Waals surface area contributed by atoms with Crippen molar-refractivity contribution in [3.8, 4) is 0 Å². The zero-order valence-electron chi connectivity index (χ0n) is 9.27. The van der Waals surface area contributed by atoms with Crippen LogP contribution in [0.3, 0.4) is 0 Å². The van der Waals surface area contributed by atoms with Crippen molar-refractivity contribution in [3.63, 3.8) is 0 Å². The van der Waals surface area contributed by atoms with E-state index in [-0.39, 0.29) is 11.4 Å². The van der Waals surface area contributed by atoms with E-state index >= 15 is 0 Å². The van der Waals surface area contributed by atoms with E-state index < -0.39 is 0 Å². The Bertz CT molecular complexity index is 306. The second-order valence-corrected chi connectivity index (χ2v) is 4.73. The summed E-state index contributed by atoms with van der Waals surface area (Å²) in [7, 11) is 0. The average Bonchev–Trinajstić information content (AvgIpc) is 2.18. The van der Waals surface area contributed by atoms with E-state index in [0.717, 1.165) is 17.4 Å². The summed E-state index contributed by atoms with van der Waals surface area (Å²) in [6.45, 7) is 6.59. The number of rotatable bonds is 5. The first kappa shape index (κ1) is 12.3. The van der Waals surface area contributed by atoms with Crippen molar-refractivity contribution in [1.29, 1.82) is 0 Å². The maximum atomic E-state index is 9.37. The number of nitrogens with zero attached hydrogens (tertiary/aromatic N) is 2. The number of aliphatic hydroxyl groups excluding tert-OH is 1. The van der Waals surface area contributed by atoms with Gasteiger partial charge in [0.2, 0.25) is 0 Å². The normalized spacial score (nSPS) is 14.7. The van der Waals surface area contributed by atoms with Crippen molar-refractivity contribution in [2.75, 3.05) is 11.9 Å². The summed E-state index contributed by atoms with van der Waals surface area (Å²) in [5.74, 6) is 0.778. The SMILES string of the molecule is CCNc1cncc(SC(C)C(C)O)n1. The highest BCUT2D eigenvalue weighted by Gasteiger charge is 2.11. The molecule has 0 aliphatic carbocycles. The first-order valence-corrected chi connectivity index (χ1v) is 5.92. The molecule has 1 heterocycles. The van der Waals surface area contributed by atoms with Gasteiger partial charge in [0.05, 0.1) is 18.5 Å². The molecule has 1 aromatic heterocycles. The van der Waals surface area contributed by atoms with E-state index in [1.807, 2.05) is 13.8 Å². The molecule has 2 atom stereocenters. The van der Waals surface area contributed by atoms with Gasteiger partial charge in [-0.1, -0.05) is 18.7 Å². The Morgan fingerprint density at radius 1 is 1.47 bits per heavy atom. The number of aromatic nitrogens is 2. The van der Waals surface area contributed by atoms with Crippen LogP contribution in [0.1, 0.15) is 20.8 Å². The molecule has 0 aliphatic rings. The Balaban J connectivity index is 2.64. The number of hydrogen-bond acceptors (Lipinski definition) is 5. The minimum Gasteiger partial charge on any atom is -0.392 e. The highest BCUT2D eigenvalue weighted by Crippen LogP contribution is 2.23. The largest absolute Gasteiger partial charge is 0.392 e. The third-order valence-corrected chi connectivity index (χ3v) is 3.16. The number of nitrogens with one attached hydrogen (secondary N) is 1. The van der Waals surface area contributed by atoms with Crippen LogP contribution in [0.25, 0.3) is 0 Å². The molecule has 0 bridgehead atoms. The topological polar surface area (TPSA) is 58.0 Å². The third kappa shape index (κ3) is 4.05.